The molecule has 0 aliphatic heterocycles. The molecule has 0 spiro atoms. The smallest absolute Gasteiger partial charge is 0.250 e. The number of imidazole rings is 1. The highest BCUT2D eigenvalue weighted by Gasteiger charge is 2.05. The monoisotopic (exact) mass is 231 g/mol. The van der Waals surface area contributed by atoms with Gasteiger partial charge in [-0.25, -0.2) is 4.98 Å². The predicted octanol–water partition coefficient (Wildman–Crippen LogP) is 1.02. The summed E-state index contributed by atoms with van der Waals surface area (Å²) in [5.41, 5.74) is 1.55. The third-order valence-corrected chi connectivity index (χ3v) is 2.37. The van der Waals surface area contributed by atoms with Gasteiger partial charge < -0.3 is 15.0 Å². The lowest BCUT2D eigenvalue weighted by atomic mass is 10.2. The quantitative estimate of drug-likeness (QED) is 0.828. The lowest BCUT2D eigenvalue weighted by molar-refractivity contribution is -0.118. The summed E-state index contributed by atoms with van der Waals surface area (Å²) in [4.78, 5) is 15.3. The van der Waals surface area contributed by atoms with Gasteiger partial charge in [0.1, 0.15) is 12.4 Å². The van der Waals surface area contributed by atoms with Crippen LogP contribution in [0.2, 0.25) is 0 Å². The molecule has 1 heterocycles. The molecule has 0 aliphatic carbocycles. The van der Waals surface area contributed by atoms with Crippen LogP contribution in [0.5, 0.6) is 0 Å². The zero-order chi connectivity index (χ0) is 12.3. The van der Waals surface area contributed by atoms with Crippen molar-refractivity contribution >= 4 is 11.6 Å². The van der Waals surface area contributed by atoms with Gasteiger partial charge in [0.2, 0.25) is 5.91 Å². The summed E-state index contributed by atoms with van der Waals surface area (Å²) < 4.78 is 1.90. The summed E-state index contributed by atoms with van der Waals surface area (Å²) in [6, 6.07) is 7.32. The summed E-state index contributed by atoms with van der Waals surface area (Å²) in [6.07, 6.45) is 3.57. The highest BCUT2D eigenvalue weighted by molar-refractivity contribution is 5.92. The molecule has 5 heteroatoms. The van der Waals surface area contributed by atoms with Crippen molar-refractivity contribution in [3.63, 3.8) is 0 Å². The second-order valence-corrected chi connectivity index (χ2v) is 3.65. The predicted molar refractivity (Wildman–Crippen MR) is 64.4 cm³/mol. The van der Waals surface area contributed by atoms with Crippen LogP contribution in [0.15, 0.2) is 36.7 Å². The first-order valence-corrected chi connectivity index (χ1v) is 5.19. The van der Waals surface area contributed by atoms with E-state index >= 15 is 0 Å². The van der Waals surface area contributed by atoms with Crippen molar-refractivity contribution in [2.24, 2.45) is 7.05 Å². The maximum Gasteiger partial charge on any atom is 0.250 e. The average molecular weight is 231 g/mol. The molecule has 5 nitrogen and oxygen atoms in total. The van der Waals surface area contributed by atoms with Gasteiger partial charge in [0.05, 0.1) is 0 Å². The third kappa shape index (κ3) is 2.51. The average Bonchev–Trinajstić information content (AvgIpc) is 2.75. The van der Waals surface area contributed by atoms with Gasteiger partial charge in [-0.3, -0.25) is 4.79 Å². The Bertz CT molecular complexity index is 534. The molecule has 1 aromatic heterocycles. The fourth-order valence-electron chi connectivity index (χ4n) is 1.58. The van der Waals surface area contributed by atoms with E-state index in [2.05, 4.69) is 10.3 Å². The van der Waals surface area contributed by atoms with Crippen LogP contribution in [0.4, 0.5) is 5.69 Å². The minimum atomic E-state index is -0.521. The van der Waals surface area contributed by atoms with Crippen LogP contribution in [0.1, 0.15) is 0 Å². The fourth-order valence-corrected chi connectivity index (χ4v) is 1.58. The minimum absolute atomic E-state index is 0.429. The Morgan fingerprint density at radius 1 is 1.53 bits per heavy atom. The van der Waals surface area contributed by atoms with Crippen molar-refractivity contribution in [1.29, 1.82) is 0 Å². The number of hydrogen-bond donors (Lipinski definition) is 2. The molecule has 0 aliphatic rings. The molecule has 17 heavy (non-hydrogen) atoms. The number of hydrogen-bond acceptors (Lipinski definition) is 3. The molecule has 0 atom stereocenters. The number of carbonyl (C=O) groups is 1. The van der Waals surface area contributed by atoms with Crippen molar-refractivity contribution < 1.29 is 9.90 Å². The van der Waals surface area contributed by atoms with Crippen LogP contribution in [0, 0.1) is 0 Å². The van der Waals surface area contributed by atoms with E-state index < -0.39 is 12.5 Å². The highest BCUT2D eigenvalue weighted by atomic mass is 16.3. The molecule has 0 saturated heterocycles. The number of aliphatic hydroxyl groups excluding tert-OH is 1. The molecule has 2 aromatic rings. The van der Waals surface area contributed by atoms with Gasteiger partial charge in [-0.15, -0.1) is 0 Å². The van der Waals surface area contributed by atoms with E-state index in [1.807, 2.05) is 36.0 Å². The third-order valence-electron chi connectivity index (χ3n) is 2.37. The van der Waals surface area contributed by atoms with E-state index in [0.717, 1.165) is 11.4 Å². The molecule has 0 fully saturated rings. The lowest BCUT2D eigenvalue weighted by Crippen LogP contribution is -2.15. The van der Waals surface area contributed by atoms with E-state index in [0.29, 0.717) is 5.69 Å². The maximum atomic E-state index is 11.1. The summed E-state index contributed by atoms with van der Waals surface area (Å²) in [7, 11) is 1.90. The summed E-state index contributed by atoms with van der Waals surface area (Å²) >= 11 is 0. The van der Waals surface area contributed by atoms with Crippen molar-refractivity contribution in [2.75, 3.05) is 11.9 Å². The Kier molecular flexibility index (Phi) is 3.20. The van der Waals surface area contributed by atoms with E-state index in [-0.39, 0.29) is 0 Å². The number of aryl methyl sites for hydroxylation is 1. The minimum Gasteiger partial charge on any atom is -0.387 e. The van der Waals surface area contributed by atoms with Crippen LogP contribution in [0.25, 0.3) is 11.4 Å². The molecular weight excluding hydrogens is 218 g/mol. The van der Waals surface area contributed by atoms with Crippen molar-refractivity contribution in [2.45, 2.75) is 0 Å². The first-order valence-electron chi connectivity index (χ1n) is 5.19. The summed E-state index contributed by atoms with van der Waals surface area (Å²) in [6.45, 7) is -0.521. The Hall–Kier alpha value is -2.14. The number of benzene rings is 1. The highest BCUT2D eigenvalue weighted by Crippen LogP contribution is 2.20. The van der Waals surface area contributed by atoms with Gasteiger partial charge in [-0.1, -0.05) is 12.1 Å². The van der Waals surface area contributed by atoms with Crippen LogP contribution in [-0.2, 0) is 11.8 Å². The lowest BCUT2D eigenvalue weighted by Gasteiger charge is -2.06. The topological polar surface area (TPSA) is 67.2 Å². The van der Waals surface area contributed by atoms with Crippen LogP contribution < -0.4 is 5.32 Å². The zero-order valence-electron chi connectivity index (χ0n) is 9.42. The molecule has 1 aromatic carbocycles. The fraction of sp³-hybridized carbons (Fsp3) is 0.167. The summed E-state index contributed by atoms with van der Waals surface area (Å²) in [5.74, 6) is 0.395. The summed E-state index contributed by atoms with van der Waals surface area (Å²) in [5, 5.41) is 11.3. The van der Waals surface area contributed by atoms with Crippen molar-refractivity contribution in [1.82, 2.24) is 9.55 Å². The number of aliphatic hydroxyl groups is 1. The number of nitrogens with one attached hydrogen (secondary N) is 1. The molecule has 88 valence electrons. The van der Waals surface area contributed by atoms with E-state index in [1.165, 1.54) is 0 Å². The van der Waals surface area contributed by atoms with E-state index in [1.54, 1.807) is 12.3 Å². The second kappa shape index (κ2) is 4.80. The Labute approximate surface area is 98.7 Å². The maximum absolute atomic E-state index is 11.1. The van der Waals surface area contributed by atoms with Crippen molar-refractivity contribution in [3.05, 3.63) is 36.7 Å². The molecule has 2 N–H and O–H groups in total. The van der Waals surface area contributed by atoms with Gasteiger partial charge in [0.25, 0.3) is 0 Å². The van der Waals surface area contributed by atoms with E-state index in [4.69, 9.17) is 5.11 Å². The van der Waals surface area contributed by atoms with Gasteiger partial charge in [0.15, 0.2) is 0 Å². The molecule has 0 bridgehead atoms. The molecule has 1 amide bonds. The normalized spacial score (nSPS) is 10.2. The first kappa shape index (κ1) is 11.3. The molecular formula is C12H13N3O2. The zero-order valence-corrected chi connectivity index (χ0v) is 9.42. The van der Waals surface area contributed by atoms with Crippen LogP contribution in [-0.4, -0.2) is 27.2 Å². The number of nitrogens with zero attached hydrogens (tertiary/aromatic N) is 2. The molecule has 0 saturated carbocycles. The molecule has 0 unspecified atom stereocenters. The number of amides is 1. The van der Waals surface area contributed by atoms with Crippen molar-refractivity contribution in [3.8, 4) is 11.4 Å². The van der Waals surface area contributed by atoms with Gasteiger partial charge in [-0.05, 0) is 12.1 Å². The molecule has 2 rings (SSSR count). The Morgan fingerprint density at radius 2 is 2.35 bits per heavy atom. The number of aromatic nitrogens is 2. The number of anilines is 1. The van der Waals surface area contributed by atoms with Gasteiger partial charge in [-0.2, -0.15) is 0 Å². The SMILES string of the molecule is Cn1ccnc1-c1cccc(NC(=O)CO)c1. The van der Waals surface area contributed by atoms with Crippen LogP contribution in [0.3, 0.4) is 0 Å². The van der Waals surface area contributed by atoms with Gasteiger partial charge in [0, 0.05) is 30.7 Å². The Balaban J connectivity index is 2.29. The van der Waals surface area contributed by atoms with E-state index in [9.17, 15) is 4.79 Å². The van der Waals surface area contributed by atoms with Crippen LogP contribution >= 0.6 is 0 Å². The first-order chi connectivity index (χ1) is 8.20. The number of carbonyl (C=O) groups excluding carboxylic acids is 1. The standard InChI is InChI=1S/C12H13N3O2/c1-15-6-5-13-12(15)9-3-2-4-10(7-9)14-11(17)8-16/h2-7,16H,8H2,1H3,(H,14,17). The number of rotatable bonds is 3. The second-order valence-electron chi connectivity index (χ2n) is 3.65. The molecule has 0 radical (unpaired) electrons. The Morgan fingerprint density at radius 3 is 3.00 bits per heavy atom. The largest absolute Gasteiger partial charge is 0.387 e. The van der Waals surface area contributed by atoms with Gasteiger partial charge >= 0.3 is 0 Å².